The van der Waals surface area contributed by atoms with Crippen molar-refractivity contribution in [2.45, 2.75) is 38.6 Å². The summed E-state index contributed by atoms with van der Waals surface area (Å²) in [5, 5.41) is 29.8. The molecule has 0 spiro atoms. The molecule has 0 saturated carbocycles. The molecule has 3 unspecified atom stereocenters. The van der Waals surface area contributed by atoms with Gasteiger partial charge in [-0.15, -0.1) is 0 Å². The van der Waals surface area contributed by atoms with Crippen molar-refractivity contribution in [2.75, 3.05) is 39.3 Å². The molecule has 2 N–H and O–H groups in total. The summed E-state index contributed by atoms with van der Waals surface area (Å²) in [7, 11) is 0. The molecule has 2 fully saturated rings. The first-order valence-corrected chi connectivity index (χ1v) is 10.3. The molecule has 164 valence electrons. The van der Waals surface area contributed by atoms with E-state index in [4.69, 9.17) is 14.7 Å². The fourth-order valence-electron chi connectivity index (χ4n) is 4.10. The van der Waals surface area contributed by atoms with Gasteiger partial charge in [0.1, 0.15) is 24.1 Å². The number of hydrogen-bond donors (Lipinski definition) is 2. The van der Waals surface area contributed by atoms with E-state index in [1.54, 1.807) is 29.2 Å². The average molecular weight is 418 g/mol. The molecule has 3 rings (SSSR count). The summed E-state index contributed by atoms with van der Waals surface area (Å²) in [6, 6.07) is 8.81. The van der Waals surface area contributed by atoms with Crippen LogP contribution in [0.3, 0.4) is 0 Å². The minimum Gasteiger partial charge on any atom is -0.491 e. The Morgan fingerprint density at radius 2 is 1.80 bits per heavy atom. The van der Waals surface area contributed by atoms with Gasteiger partial charge in [0.2, 0.25) is 0 Å². The van der Waals surface area contributed by atoms with Crippen LogP contribution in [0.1, 0.15) is 26.3 Å². The third kappa shape index (κ3) is 5.85. The van der Waals surface area contributed by atoms with Gasteiger partial charge in [0.15, 0.2) is 0 Å². The maximum absolute atomic E-state index is 12.4. The monoisotopic (exact) mass is 417 g/mol. The van der Waals surface area contributed by atoms with E-state index in [2.05, 4.69) is 11.0 Å². The Labute approximate surface area is 177 Å². The molecule has 30 heavy (non-hydrogen) atoms. The highest BCUT2D eigenvalue weighted by atomic mass is 16.6. The van der Waals surface area contributed by atoms with Gasteiger partial charge in [-0.05, 0) is 45.0 Å². The van der Waals surface area contributed by atoms with Crippen LogP contribution < -0.4 is 4.74 Å². The summed E-state index contributed by atoms with van der Waals surface area (Å²) < 4.78 is 11.1. The van der Waals surface area contributed by atoms with Crippen molar-refractivity contribution in [3.63, 3.8) is 0 Å². The van der Waals surface area contributed by atoms with Crippen LogP contribution in [-0.2, 0) is 4.74 Å². The Morgan fingerprint density at radius 3 is 2.33 bits per heavy atom. The van der Waals surface area contributed by atoms with Crippen LogP contribution in [0.25, 0.3) is 0 Å². The fourth-order valence-corrected chi connectivity index (χ4v) is 4.10. The molecular weight excluding hydrogens is 386 g/mol. The van der Waals surface area contributed by atoms with Crippen LogP contribution in [-0.4, -0.2) is 83.2 Å². The zero-order chi connectivity index (χ0) is 21.9. The van der Waals surface area contributed by atoms with Crippen LogP contribution >= 0.6 is 0 Å². The van der Waals surface area contributed by atoms with Crippen LogP contribution in [0.5, 0.6) is 5.75 Å². The summed E-state index contributed by atoms with van der Waals surface area (Å²) >= 11 is 0. The third-order valence-corrected chi connectivity index (χ3v) is 5.41. The van der Waals surface area contributed by atoms with E-state index in [0.717, 1.165) is 0 Å². The smallest absolute Gasteiger partial charge is 0.410 e. The number of aliphatic hydroxyl groups excluding tert-OH is 2. The maximum atomic E-state index is 12.4. The van der Waals surface area contributed by atoms with Gasteiger partial charge in [0.05, 0.1) is 17.7 Å². The van der Waals surface area contributed by atoms with Crippen LogP contribution in [0.4, 0.5) is 4.79 Å². The lowest BCUT2D eigenvalue weighted by Gasteiger charge is -2.49. The van der Waals surface area contributed by atoms with Gasteiger partial charge in [-0.2, -0.15) is 5.26 Å². The lowest BCUT2D eigenvalue weighted by atomic mass is 9.81. The van der Waals surface area contributed by atoms with Crippen LogP contribution in [0.15, 0.2) is 24.3 Å². The molecule has 2 bridgehead atoms. The van der Waals surface area contributed by atoms with Crippen molar-refractivity contribution in [3.8, 4) is 11.8 Å². The zero-order valence-electron chi connectivity index (χ0n) is 17.8. The molecule has 8 heteroatoms. The number of carbonyl (C=O) groups excluding carboxylic acids is 1. The number of nitriles is 1. The van der Waals surface area contributed by atoms with E-state index in [0.29, 0.717) is 44.0 Å². The number of nitrogens with zero attached hydrogens (tertiary/aromatic N) is 3. The number of hydrogen-bond acceptors (Lipinski definition) is 7. The van der Waals surface area contributed by atoms with E-state index in [9.17, 15) is 15.0 Å². The largest absolute Gasteiger partial charge is 0.491 e. The normalized spacial score (nSPS) is 25.3. The molecule has 8 nitrogen and oxygen atoms in total. The van der Waals surface area contributed by atoms with Gasteiger partial charge in [-0.1, -0.05) is 0 Å². The van der Waals surface area contributed by atoms with Crippen molar-refractivity contribution in [1.29, 1.82) is 5.26 Å². The average Bonchev–Trinajstić information content (AvgIpc) is 2.66. The number of ether oxygens (including phenoxy) is 2. The van der Waals surface area contributed by atoms with Crippen molar-refractivity contribution < 1.29 is 24.5 Å². The number of fused-ring (bicyclic) bond motifs is 2. The molecule has 2 heterocycles. The lowest BCUT2D eigenvalue weighted by molar-refractivity contribution is -0.0871. The molecule has 1 aromatic carbocycles. The second-order valence-corrected chi connectivity index (χ2v) is 9.22. The Bertz CT molecular complexity index is 754. The topological polar surface area (TPSA) is 106 Å². The second kappa shape index (κ2) is 9.21. The molecular formula is C22H31N3O5. The maximum Gasteiger partial charge on any atom is 0.410 e. The standard InChI is InChI=1S/C22H31N3O5/c1-22(2,3)30-21(28)25-11-16-9-24(10-17(12-25)20(16)27)13-18(26)14-29-19-6-4-15(8-23)5-7-19/h4-7,16-18,20,26-27H,9-14H2,1-3H3. The van der Waals surface area contributed by atoms with Gasteiger partial charge >= 0.3 is 6.09 Å². The number of rotatable bonds is 5. The molecule has 3 atom stereocenters. The summed E-state index contributed by atoms with van der Waals surface area (Å²) in [6.07, 6.45) is -1.47. The van der Waals surface area contributed by atoms with Crippen LogP contribution in [0, 0.1) is 23.2 Å². The third-order valence-electron chi connectivity index (χ3n) is 5.41. The molecule has 0 aliphatic carbocycles. The predicted octanol–water partition coefficient (Wildman–Crippen LogP) is 1.46. The van der Waals surface area contributed by atoms with Gasteiger partial charge in [0, 0.05) is 44.6 Å². The van der Waals surface area contributed by atoms with E-state index >= 15 is 0 Å². The SMILES string of the molecule is CC(C)(C)OC(=O)N1CC2CN(CC(O)COc3ccc(C#N)cc3)CC(C1)C2O. The summed E-state index contributed by atoms with van der Waals surface area (Å²) in [4.78, 5) is 16.2. The number of piperidine rings is 2. The molecule has 1 aromatic rings. The Morgan fingerprint density at radius 1 is 1.20 bits per heavy atom. The first kappa shape index (κ1) is 22.3. The lowest BCUT2D eigenvalue weighted by Crippen LogP contribution is -2.62. The van der Waals surface area contributed by atoms with Gasteiger partial charge in [0.25, 0.3) is 0 Å². The molecule has 2 aliphatic heterocycles. The molecule has 0 aromatic heterocycles. The number of likely N-dealkylation sites (tertiary alicyclic amines) is 2. The van der Waals surface area contributed by atoms with E-state index < -0.39 is 17.8 Å². The first-order chi connectivity index (χ1) is 14.1. The quantitative estimate of drug-likeness (QED) is 0.747. The Balaban J connectivity index is 1.49. The summed E-state index contributed by atoms with van der Waals surface area (Å²) in [5.41, 5.74) is 0.00888. The van der Waals surface area contributed by atoms with Gasteiger partial charge < -0.3 is 24.6 Å². The highest BCUT2D eigenvalue weighted by Gasteiger charge is 2.43. The van der Waals surface area contributed by atoms with Crippen molar-refractivity contribution in [1.82, 2.24) is 9.80 Å². The van der Waals surface area contributed by atoms with E-state index in [1.165, 1.54) is 0 Å². The number of benzene rings is 1. The predicted molar refractivity (Wildman–Crippen MR) is 110 cm³/mol. The summed E-state index contributed by atoms with van der Waals surface area (Å²) in [5.74, 6) is 0.459. The van der Waals surface area contributed by atoms with E-state index in [1.807, 2.05) is 20.8 Å². The number of aliphatic hydroxyl groups is 2. The Hall–Kier alpha value is -2.34. The molecule has 2 aliphatic rings. The minimum absolute atomic E-state index is 0.0725. The molecule has 0 radical (unpaired) electrons. The van der Waals surface area contributed by atoms with Crippen LogP contribution in [0.2, 0.25) is 0 Å². The van der Waals surface area contributed by atoms with Gasteiger partial charge in [-0.3, -0.25) is 4.90 Å². The first-order valence-electron chi connectivity index (χ1n) is 10.3. The number of carbonyl (C=O) groups is 1. The highest BCUT2D eigenvalue weighted by Crippen LogP contribution is 2.30. The number of amides is 1. The second-order valence-electron chi connectivity index (χ2n) is 9.22. The number of β-amino-alcohol motifs (C(OH)–C–C–N with tert-alkyl or cyclic N) is 1. The fraction of sp³-hybridized carbons (Fsp3) is 0.636. The van der Waals surface area contributed by atoms with E-state index in [-0.39, 0.29) is 24.5 Å². The van der Waals surface area contributed by atoms with Crippen molar-refractivity contribution in [3.05, 3.63) is 29.8 Å². The summed E-state index contributed by atoms with van der Waals surface area (Å²) in [6.45, 7) is 8.19. The highest BCUT2D eigenvalue weighted by molar-refractivity contribution is 5.68. The molecule has 1 amide bonds. The molecule has 2 saturated heterocycles. The zero-order valence-corrected chi connectivity index (χ0v) is 17.8. The minimum atomic E-state index is -0.682. The van der Waals surface area contributed by atoms with Crippen molar-refractivity contribution >= 4 is 6.09 Å². The Kier molecular flexibility index (Phi) is 6.86. The van der Waals surface area contributed by atoms with Crippen molar-refractivity contribution in [2.24, 2.45) is 11.8 Å². The van der Waals surface area contributed by atoms with Gasteiger partial charge in [-0.25, -0.2) is 4.79 Å².